The molecule has 2 aromatic rings. The third-order valence-electron chi connectivity index (χ3n) is 8.62. The monoisotopic (exact) mass is 591 g/mol. The average molecular weight is 592 g/mol. The Hall–Kier alpha value is -2.80. The lowest BCUT2D eigenvalue weighted by Crippen LogP contribution is -2.54. The Labute approximate surface area is 244 Å². The molecule has 9 nitrogen and oxygen atoms in total. The molecular weight excluding hydrogens is 551 g/mol. The van der Waals surface area contributed by atoms with Crippen LogP contribution in [0.4, 0.5) is 18.9 Å². The maximum absolute atomic E-state index is 13.4. The molecule has 3 aliphatic heterocycles. The summed E-state index contributed by atoms with van der Waals surface area (Å²) in [6, 6.07) is 5.78. The molecular formula is C30H40F3N5O4. The largest absolute Gasteiger partial charge is 0.416 e. The van der Waals surface area contributed by atoms with Crippen LogP contribution in [0.15, 0.2) is 30.5 Å². The fraction of sp³-hybridized carbons (Fsp3) is 0.633. The molecule has 3 aliphatic rings. The normalized spacial score (nSPS) is 25.8. The van der Waals surface area contributed by atoms with Crippen LogP contribution in [0.25, 0.3) is 0 Å². The molecule has 0 unspecified atom stereocenters. The van der Waals surface area contributed by atoms with Crippen LogP contribution in [0.3, 0.4) is 0 Å². The number of nitrogens with zero attached hydrogens (tertiary/aromatic N) is 3. The number of hydrogen-bond acceptors (Lipinski definition) is 8. The van der Waals surface area contributed by atoms with Gasteiger partial charge in [-0.1, -0.05) is 12.1 Å². The lowest BCUT2D eigenvalue weighted by atomic mass is 9.97. The predicted octanol–water partition coefficient (Wildman–Crippen LogP) is 4.52. The van der Waals surface area contributed by atoms with Crippen molar-refractivity contribution in [2.24, 2.45) is 0 Å². The van der Waals surface area contributed by atoms with E-state index in [1.807, 2.05) is 11.8 Å². The van der Waals surface area contributed by atoms with E-state index >= 15 is 0 Å². The number of carbonyl (C=O) groups is 1. The molecule has 3 saturated heterocycles. The van der Waals surface area contributed by atoms with Gasteiger partial charge in [0, 0.05) is 51.0 Å². The maximum atomic E-state index is 13.4. The summed E-state index contributed by atoms with van der Waals surface area (Å²) in [5.41, 5.74) is 1.86. The molecule has 2 N–H and O–H groups in total. The predicted molar refractivity (Wildman–Crippen MR) is 150 cm³/mol. The van der Waals surface area contributed by atoms with Crippen LogP contribution in [0.5, 0.6) is 0 Å². The standard InChI is InChI=1S/C30H40F3N5O4/c1-19-25(34-16-23-4-3-5-26(42-23)20-6-8-21(9-7-20)30(31,32)33)17-35-37-28(19)29(39)38-13-10-22(11-14-38)36-24-12-15-41-18-27(24)40-2/h6-9,17,22-24,26-27,36H,3-5,10-16,18H2,1-2H3,(H,34,37)/t23-,24-,26+,27+/m1/s1. The Kier molecular flexibility index (Phi) is 9.97. The van der Waals surface area contributed by atoms with Crippen molar-refractivity contribution in [2.45, 2.75) is 82.0 Å². The number of ether oxygens (including phenoxy) is 3. The molecule has 42 heavy (non-hydrogen) atoms. The number of hydrogen-bond donors (Lipinski definition) is 2. The first-order valence-corrected chi connectivity index (χ1v) is 14.8. The third kappa shape index (κ3) is 7.39. The van der Waals surface area contributed by atoms with Gasteiger partial charge in [-0.3, -0.25) is 4.79 Å². The van der Waals surface area contributed by atoms with Crippen molar-refractivity contribution in [3.63, 3.8) is 0 Å². The Balaban J connectivity index is 1.13. The van der Waals surface area contributed by atoms with E-state index in [4.69, 9.17) is 14.2 Å². The first-order chi connectivity index (χ1) is 20.2. The molecule has 0 saturated carbocycles. The molecule has 0 bridgehead atoms. The second kappa shape index (κ2) is 13.7. The number of anilines is 1. The first-order valence-electron chi connectivity index (χ1n) is 14.8. The third-order valence-corrected chi connectivity index (χ3v) is 8.62. The van der Waals surface area contributed by atoms with E-state index in [1.54, 1.807) is 13.3 Å². The first kappa shape index (κ1) is 30.7. The van der Waals surface area contributed by atoms with Gasteiger partial charge in [-0.25, -0.2) is 0 Å². The Morgan fingerprint density at radius 1 is 1.12 bits per heavy atom. The molecule has 12 heteroatoms. The number of likely N-dealkylation sites (tertiary alicyclic amines) is 1. The smallest absolute Gasteiger partial charge is 0.381 e. The topological polar surface area (TPSA) is 97.8 Å². The van der Waals surface area contributed by atoms with E-state index in [1.165, 1.54) is 12.1 Å². The van der Waals surface area contributed by atoms with Crippen molar-refractivity contribution in [3.8, 4) is 0 Å². The van der Waals surface area contributed by atoms with Crippen LogP contribution in [0.2, 0.25) is 0 Å². The van der Waals surface area contributed by atoms with Crippen molar-refractivity contribution in [2.75, 3.05) is 45.3 Å². The van der Waals surface area contributed by atoms with Gasteiger partial charge in [0.25, 0.3) is 5.91 Å². The van der Waals surface area contributed by atoms with E-state index in [0.29, 0.717) is 38.0 Å². The number of halogens is 3. The summed E-state index contributed by atoms with van der Waals surface area (Å²) < 4.78 is 56.1. The highest BCUT2D eigenvalue weighted by atomic mass is 19.4. The minimum absolute atomic E-state index is 0.0429. The Morgan fingerprint density at radius 3 is 2.60 bits per heavy atom. The number of alkyl halides is 3. The van der Waals surface area contributed by atoms with Crippen LogP contribution in [0, 0.1) is 6.92 Å². The minimum atomic E-state index is -4.36. The second-order valence-corrected chi connectivity index (χ2v) is 11.4. The summed E-state index contributed by atoms with van der Waals surface area (Å²) in [7, 11) is 1.71. The van der Waals surface area contributed by atoms with Gasteiger partial charge in [-0.15, -0.1) is 5.10 Å². The van der Waals surface area contributed by atoms with Gasteiger partial charge in [0.2, 0.25) is 0 Å². The number of nitrogens with one attached hydrogen (secondary N) is 2. The number of piperidine rings is 1. The van der Waals surface area contributed by atoms with Crippen LogP contribution >= 0.6 is 0 Å². The number of amides is 1. The summed E-state index contributed by atoms with van der Waals surface area (Å²) in [6.07, 6.45) is 2.01. The number of aromatic nitrogens is 2. The second-order valence-electron chi connectivity index (χ2n) is 11.4. The zero-order valence-electron chi connectivity index (χ0n) is 24.2. The van der Waals surface area contributed by atoms with Crippen LogP contribution in [0.1, 0.15) is 71.8 Å². The molecule has 5 rings (SSSR count). The molecule has 3 fully saturated rings. The lowest BCUT2D eigenvalue weighted by Gasteiger charge is -2.38. The van der Waals surface area contributed by atoms with Gasteiger partial charge < -0.3 is 29.7 Å². The van der Waals surface area contributed by atoms with E-state index < -0.39 is 11.7 Å². The molecule has 0 radical (unpaired) electrons. The maximum Gasteiger partial charge on any atom is 0.416 e. The van der Waals surface area contributed by atoms with Gasteiger partial charge in [-0.2, -0.15) is 18.3 Å². The zero-order valence-corrected chi connectivity index (χ0v) is 24.2. The van der Waals surface area contributed by atoms with Gasteiger partial charge in [0.1, 0.15) is 0 Å². The number of carbonyl (C=O) groups excluding carboxylic acids is 1. The molecule has 1 aromatic carbocycles. The number of benzene rings is 1. The highest BCUT2D eigenvalue weighted by molar-refractivity contribution is 5.94. The van der Waals surface area contributed by atoms with Crippen molar-refractivity contribution in [3.05, 3.63) is 52.8 Å². The van der Waals surface area contributed by atoms with Gasteiger partial charge in [0.05, 0.1) is 42.4 Å². The molecule has 4 heterocycles. The van der Waals surface area contributed by atoms with Crippen LogP contribution in [-0.2, 0) is 20.4 Å². The van der Waals surface area contributed by atoms with Crippen LogP contribution in [-0.4, -0.2) is 85.3 Å². The molecule has 1 aromatic heterocycles. The van der Waals surface area contributed by atoms with Gasteiger partial charge in [-0.05, 0) is 63.1 Å². The highest BCUT2D eigenvalue weighted by Gasteiger charge is 2.33. The number of methoxy groups -OCH3 is 1. The summed E-state index contributed by atoms with van der Waals surface area (Å²) in [5, 5.41) is 15.4. The quantitative estimate of drug-likeness (QED) is 0.463. The minimum Gasteiger partial charge on any atom is -0.381 e. The SMILES string of the molecule is CO[C@H]1COCC[C@H]1NC1CCN(C(=O)c2nncc(NC[C@H]3CCC[C@@H](c4ccc(C(F)(F)F)cc4)O3)c2C)CC1. The van der Waals surface area contributed by atoms with Crippen molar-refractivity contribution in [1.29, 1.82) is 0 Å². The highest BCUT2D eigenvalue weighted by Crippen LogP contribution is 2.34. The van der Waals surface area contributed by atoms with Gasteiger partial charge >= 0.3 is 6.18 Å². The van der Waals surface area contributed by atoms with E-state index in [2.05, 4.69) is 20.8 Å². The molecule has 4 atom stereocenters. The lowest BCUT2D eigenvalue weighted by molar-refractivity contribution is -0.137. The van der Waals surface area contributed by atoms with Crippen LogP contribution < -0.4 is 10.6 Å². The molecule has 1 amide bonds. The zero-order chi connectivity index (χ0) is 29.7. The van der Waals surface area contributed by atoms with E-state index in [0.717, 1.165) is 74.1 Å². The summed E-state index contributed by atoms with van der Waals surface area (Å²) in [5.74, 6) is -0.126. The van der Waals surface area contributed by atoms with Crippen molar-refractivity contribution < 1.29 is 32.2 Å². The fourth-order valence-corrected chi connectivity index (χ4v) is 6.07. The summed E-state index contributed by atoms with van der Waals surface area (Å²) >= 11 is 0. The van der Waals surface area contributed by atoms with Gasteiger partial charge in [0.15, 0.2) is 5.69 Å². The molecule has 0 aliphatic carbocycles. The Bertz CT molecular complexity index is 1190. The summed E-state index contributed by atoms with van der Waals surface area (Å²) in [6.45, 7) is 4.95. The summed E-state index contributed by atoms with van der Waals surface area (Å²) in [4.78, 5) is 15.2. The molecule has 0 spiro atoms. The van der Waals surface area contributed by atoms with E-state index in [-0.39, 0.29) is 30.3 Å². The van der Waals surface area contributed by atoms with E-state index in [9.17, 15) is 18.0 Å². The molecule has 230 valence electrons. The number of rotatable bonds is 8. The average Bonchev–Trinajstić information content (AvgIpc) is 3.01. The fourth-order valence-electron chi connectivity index (χ4n) is 6.07. The van der Waals surface area contributed by atoms with Crippen molar-refractivity contribution in [1.82, 2.24) is 20.4 Å². The van der Waals surface area contributed by atoms with Crippen molar-refractivity contribution >= 4 is 11.6 Å². The Morgan fingerprint density at radius 2 is 1.88 bits per heavy atom.